The fourth-order valence-corrected chi connectivity index (χ4v) is 4.03. The van der Waals surface area contributed by atoms with Crippen LogP contribution in [0, 0.1) is 0 Å². The Morgan fingerprint density at radius 3 is 2.41 bits per heavy atom. The first kappa shape index (κ1) is 21.7. The van der Waals surface area contributed by atoms with Gasteiger partial charge in [-0.2, -0.15) is 0 Å². The van der Waals surface area contributed by atoms with Crippen LogP contribution in [-0.2, 0) is 17.9 Å². The number of benzene rings is 2. The molecule has 2 aromatic carbocycles. The maximum Gasteiger partial charge on any atom is 0.410 e. The minimum Gasteiger partial charge on any atom is -0.489 e. The van der Waals surface area contributed by atoms with Crippen LogP contribution in [0.3, 0.4) is 0 Å². The van der Waals surface area contributed by atoms with Crippen molar-refractivity contribution in [3.63, 3.8) is 0 Å². The fourth-order valence-electron chi connectivity index (χ4n) is 3.55. The molecule has 1 aliphatic carbocycles. The Morgan fingerprint density at radius 2 is 1.79 bits per heavy atom. The number of carbonyl (C=O) groups is 1. The van der Waals surface area contributed by atoms with Crippen LogP contribution in [0.25, 0.3) is 0 Å². The van der Waals surface area contributed by atoms with Crippen molar-refractivity contribution in [3.05, 3.63) is 64.1 Å². The third-order valence-corrected chi connectivity index (χ3v) is 5.75. The van der Waals surface area contributed by atoms with E-state index in [-0.39, 0.29) is 12.1 Å². The molecule has 1 saturated carbocycles. The topological polar surface area (TPSA) is 38.8 Å². The predicted molar refractivity (Wildman–Crippen MR) is 119 cm³/mol. The van der Waals surface area contributed by atoms with Gasteiger partial charge >= 0.3 is 6.09 Å². The second kappa shape index (κ2) is 9.66. The lowest BCUT2D eigenvalue weighted by atomic mass is 10.1. The molecule has 0 aromatic heterocycles. The van der Waals surface area contributed by atoms with Crippen molar-refractivity contribution in [3.8, 4) is 5.75 Å². The summed E-state index contributed by atoms with van der Waals surface area (Å²) in [5, 5.41) is 0. The normalized spacial score (nSPS) is 14.6. The van der Waals surface area contributed by atoms with Crippen LogP contribution in [0.1, 0.15) is 57.6 Å². The molecule has 1 fully saturated rings. The van der Waals surface area contributed by atoms with Gasteiger partial charge in [-0.1, -0.05) is 65.2 Å². The molecular weight excluding hydrogens is 430 g/mol. The predicted octanol–water partition coefficient (Wildman–Crippen LogP) is 6.71. The van der Waals surface area contributed by atoms with Crippen LogP contribution in [0.4, 0.5) is 4.79 Å². The highest BCUT2D eigenvalue weighted by atomic mass is 79.9. The van der Waals surface area contributed by atoms with Crippen LogP contribution >= 0.6 is 15.9 Å². The van der Waals surface area contributed by atoms with E-state index in [0.717, 1.165) is 47.0 Å². The number of nitrogens with zero attached hydrogens (tertiary/aromatic N) is 1. The summed E-state index contributed by atoms with van der Waals surface area (Å²) in [5.41, 5.74) is 1.68. The number of hydrogen-bond acceptors (Lipinski definition) is 3. The van der Waals surface area contributed by atoms with Crippen LogP contribution < -0.4 is 4.74 Å². The molecule has 0 radical (unpaired) electrons. The molecule has 0 N–H and O–H groups in total. The van der Waals surface area contributed by atoms with Gasteiger partial charge in [0, 0.05) is 10.5 Å². The lowest BCUT2D eigenvalue weighted by Gasteiger charge is -2.32. The van der Waals surface area contributed by atoms with Crippen molar-refractivity contribution in [1.82, 2.24) is 4.90 Å². The number of carbonyl (C=O) groups excluding carboxylic acids is 1. The highest BCUT2D eigenvalue weighted by molar-refractivity contribution is 9.10. The molecule has 0 heterocycles. The molecule has 1 aliphatic rings. The molecule has 1 amide bonds. The van der Waals surface area contributed by atoms with Crippen molar-refractivity contribution in [2.24, 2.45) is 0 Å². The van der Waals surface area contributed by atoms with Gasteiger partial charge in [0.2, 0.25) is 0 Å². The third kappa shape index (κ3) is 6.49. The first-order chi connectivity index (χ1) is 13.8. The van der Waals surface area contributed by atoms with Crippen molar-refractivity contribution in [1.29, 1.82) is 0 Å². The summed E-state index contributed by atoms with van der Waals surface area (Å²) in [5.74, 6) is 0.800. The summed E-state index contributed by atoms with van der Waals surface area (Å²) in [7, 11) is 0. The van der Waals surface area contributed by atoms with Gasteiger partial charge in [0.25, 0.3) is 0 Å². The molecule has 156 valence electrons. The SMILES string of the molecule is CC(C)(C)OC(=O)N(Cc1ccc(OCc2ccccc2)cc1Br)C1CCCC1. The van der Waals surface area contributed by atoms with E-state index in [1.165, 1.54) is 0 Å². The van der Waals surface area contributed by atoms with Crippen molar-refractivity contribution >= 4 is 22.0 Å². The van der Waals surface area contributed by atoms with Crippen molar-refractivity contribution < 1.29 is 14.3 Å². The number of ether oxygens (including phenoxy) is 2. The van der Waals surface area contributed by atoms with E-state index in [9.17, 15) is 4.79 Å². The van der Waals surface area contributed by atoms with Gasteiger partial charge in [-0.25, -0.2) is 4.79 Å². The van der Waals surface area contributed by atoms with Gasteiger partial charge < -0.3 is 14.4 Å². The monoisotopic (exact) mass is 459 g/mol. The molecular formula is C24H30BrNO3. The second-order valence-electron chi connectivity index (χ2n) is 8.57. The molecule has 0 atom stereocenters. The van der Waals surface area contributed by atoms with E-state index < -0.39 is 5.60 Å². The maximum absolute atomic E-state index is 12.9. The Balaban J connectivity index is 1.69. The highest BCUT2D eigenvalue weighted by Gasteiger charge is 2.30. The lowest BCUT2D eigenvalue weighted by Crippen LogP contribution is -2.41. The Hall–Kier alpha value is -2.01. The molecule has 0 bridgehead atoms. The molecule has 5 heteroatoms. The molecule has 0 spiro atoms. The molecule has 0 saturated heterocycles. The fraction of sp³-hybridized carbons (Fsp3) is 0.458. The van der Waals surface area contributed by atoms with Gasteiger partial charge in [0.1, 0.15) is 18.0 Å². The first-order valence-corrected chi connectivity index (χ1v) is 11.1. The zero-order chi connectivity index (χ0) is 20.9. The van der Waals surface area contributed by atoms with Gasteiger partial charge in [-0.05, 0) is 56.9 Å². The largest absolute Gasteiger partial charge is 0.489 e. The van der Waals surface area contributed by atoms with Gasteiger partial charge in [0.05, 0.1) is 6.54 Å². The van der Waals surface area contributed by atoms with Gasteiger partial charge in [0.15, 0.2) is 0 Å². The summed E-state index contributed by atoms with van der Waals surface area (Å²) >= 11 is 3.66. The number of halogens is 1. The minimum absolute atomic E-state index is 0.235. The van der Waals surface area contributed by atoms with Gasteiger partial charge in [-0.3, -0.25) is 0 Å². The summed E-state index contributed by atoms with van der Waals surface area (Å²) in [6, 6.07) is 16.3. The summed E-state index contributed by atoms with van der Waals surface area (Å²) in [4.78, 5) is 14.7. The van der Waals surface area contributed by atoms with Crippen LogP contribution in [-0.4, -0.2) is 22.6 Å². The van der Waals surface area contributed by atoms with E-state index in [1.807, 2.05) is 74.2 Å². The Kier molecular flexibility index (Phi) is 7.23. The summed E-state index contributed by atoms with van der Waals surface area (Å²) in [6.07, 6.45) is 4.17. The second-order valence-corrected chi connectivity index (χ2v) is 9.43. The quantitative estimate of drug-likeness (QED) is 0.481. The molecule has 2 aromatic rings. The van der Waals surface area contributed by atoms with E-state index in [1.54, 1.807) is 0 Å². The molecule has 29 heavy (non-hydrogen) atoms. The summed E-state index contributed by atoms with van der Waals surface area (Å²) < 4.78 is 12.5. The van der Waals surface area contributed by atoms with E-state index in [0.29, 0.717) is 13.2 Å². The Morgan fingerprint density at radius 1 is 1.10 bits per heavy atom. The molecule has 0 aliphatic heterocycles. The zero-order valence-electron chi connectivity index (χ0n) is 17.5. The molecule has 3 rings (SSSR count). The van der Waals surface area contributed by atoms with Crippen LogP contribution in [0.15, 0.2) is 53.0 Å². The van der Waals surface area contributed by atoms with E-state index in [4.69, 9.17) is 9.47 Å². The minimum atomic E-state index is -0.500. The van der Waals surface area contributed by atoms with Gasteiger partial charge in [-0.15, -0.1) is 0 Å². The number of hydrogen-bond donors (Lipinski definition) is 0. The standard InChI is InChI=1S/C24H30BrNO3/c1-24(2,3)29-23(27)26(20-11-7-8-12-20)16-19-13-14-21(15-22(19)25)28-17-18-9-5-4-6-10-18/h4-6,9-10,13-15,20H,7-8,11-12,16-17H2,1-3H3. The Bertz CT molecular complexity index is 811. The van der Waals surface area contributed by atoms with E-state index in [2.05, 4.69) is 15.9 Å². The average molecular weight is 460 g/mol. The Labute approximate surface area is 182 Å². The van der Waals surface area contributed by atoms with Crippen molar-refractivity contribution in [2.45, 2.75) is 71.2 Å². The summed E-state index contributed by atoms with van der Waals surface area (Å²) in [6.45, 7) is 6.78. The zero-order valence-corrected chi connectivity index (χ0v) is 19.1. The smallest absolute Gasteiger partial charge is 0.410 e. The first-order valence-electron chi connectivity index (χ1n) is 10.3. The molecule has 0 unspecified atom stereocenters. The maximum atomic E-state index is 12.9. The molecule has 4 nitrogen and oxygen atoms in total. The van der Waals surface area contributed by atoms with E-state index >= 15 is 0 Å². The van der Waals surface area contributed by atoms with Crippen molar-refractivity contribution in [2.75, 3.05) is 0 Å². The number of amides is 1. The lowest BCUT2D eigenvalue weighted by molar-refractivity contribution is 0.0144. The van der Waals surface area contributed by atoms with Crippen LogP contribution in [0.5, 0.6) is 5.75 Å². The average Bonchev–Trinajstić information content (AvgIpc) is 3.19. The van der Waals surface area contributed by atoms with Crippen LogP contribution in [0.2, 0.25) is 0 Å². The number of rotatable bonds is 6. The highest BCUT2D eigenvalue weighted by Crippen LogP contribution is 2.30. The third-order valence-electron chi connectivity index (χ3n) is 5.01.